The van der Waals surface area contributed by atoms with Crippen molar-refractivity contribution in [1.29, 1.82) is 0 Å². The summed E-state index contributed by atoms with van der Waals surface area (Å²) < 4.78 is 13.7. The van der Waals surface area contributed by atoms with Crippen molar-refractivity contribution in [3.63, 3.8) is 0 Å². The van der Waals surface area contributed by atoms with Crippen molar-refractivity contribution in [3.05, 3.63) is 64.8 Å². The molecule has 1 aromatic carbocycles. The highest BCUT2D eigenvalue weighted by molar-refractivity contribution is 6.35. The third-order valence-electron chi connectivity index (χ3n) is 4.79. The second-order valence-corrected chi connectivity index (χ2v) is 6.79. The van der Waals surface area contributed by atoms with Gasteiger partial charge in [0.15, 0.2) is 0 Å². The number of H-pyrrole nitrogens is 1. The van der Waals surface area contributed by atoms with Crippen molar-refractivity contribution >= 4 is 40.3 Å². The molecule has 0 unspecified atom stereocenters. The quantitative estimate of drug-likeness (QED) is 0.685. The molecule has 0 saturated carbocycles. The molecule has 1 saturated heterocycles. The molecular weight excluding hydrogens is 387 g/mol. The van der Waals surface area contributed by atoms with E-state index in [4.69, 9.17) is 11.6 Å². The van der Waals surface area contributed by atoms with Crippen LogP contribution in [0.4, 0.5) is 9.18 Å². The van der Waals surface area contributed by atoms with Crippen LogP contribution in [0.15, 0.2) is 42.9 Å². The molecule has 28 heavy (non-hydrogen) atoms. The number of likely N-dealkylation sites (N-methyl/N-ethyl adjacent to an activating group) is 1. The lowest BCUT2D eigenvalue weighted by Crippen LogP contribution is -2.41. The number of aromatic nitrogens is 2. The van der Waals surface area contributed by atoms with Gasteiger partial charge in [-0.1, -0.05) is 11.6 Å². The molecule has 0 aliphatic carbocycles. The van der Waals surface area contributed by atoms with Gasteiger partial charge in [0, 0.05) is 37.4 Å². The number of rotatable bonds is 3. The molecule has 1 aliphatic rings. The van der Waals surface area contributed by atoms with E-state index in [1.54, 1.807) is 18.3 Å². The molecule has 0 bridgehead atoms. The van der Waals surface area contributed by atoms with Crippen LogP contribution in [0.25, 0.3) is 10.9 Å². The van der Waals surface area contributed by atoms with Gasteiger partial charge in [-0.25, -0.2) is 14.1 Å². The summed E-state index contributed by atoms with van der Waals surface area (Å²) in [5.74, 6) is -1.67. The number of hydrogen-bond acceptors (Lipinski definition) is 4. The Morgan fingerprint density at radius 2 is 2.11 bits per heavy atom. The largest absolute Gasteiger partial charge is 0.360 e. The average Bonchev–Trinajstić information content (AvgIpc) is 3.20. The smallest absolute Gasteiger partial charge is 0.334 e. The Bertz CT molecular complexity index is 1120. The summed E-state index contributed by atoms with van der Waals surface area (Å²) in [4.78, 5) is 46.7. The first-order valence-corrected chi connectivity index (χ1v) is 8.77. The van der Waals surface area contributed by atoms with Crippen LogP contribution in [0.1, 0.15) is 15.9 Å². The fourth-order valence-corrected chi connectivity index (χ4v) is 3.55. The number of fused-ring (bicyclic) bond motifs is 1. The minimum absolute atomic E-state index is 0.0574. The number of benzene rings is 1. The summed E-state index contributed by atoms with van der Waals surface area (Å²) in [6.07, 6.45) is 4.51. The Morgan fingerprint density at radius 3 is 2.82 bits per heavy atom. The number of aromatic amines is 1. The van der Waals surface area contributed by atoms with Gasteiger partial charge in [-0.15, -0.1) is 0 Å². The summed E-state index contributed by atoms with van der Waals surface area (Å²) in [7, 11) is 1.33. The lowest BCUT2D eigenvalue weighted by molar-refractivity contribution is -0.127. The number of hydrogen-bond donors (Lipinski definition) is 1. The highest BCUT2D eigenvalue weighted by Crippen LogP contribution is 2.30. The first-order chi connectivity index (χ1) is 13.4. The van der Waals surface area contributed by atoms with E-state index in [2.05, 4.69) is 9.97 Å². The zero-order valence-electron chi connectivity index (χ0n) is 14.6. The van der Waals surface area contributed by atoms with Gasteiger partial charge in [0.05, 0.1) is 11.1 Å². The standard InChI is InChI=1S/C19H14ClFN4O3/c1-24-18(27)14(25(19(24)28)17(26)10-3-2-6-22-8-10)7-11-9-23-16-12(11)4-5-13(21)15(16)20/h2-6,8-9,14,23H,7H2,1H3/t14-/m1/s1. The van der Waals surface area contributed by atoms with E-state index in [-0.39, 0.29) is 17.0 Å². The van der Waals surface area contributed by atoms with Gasteiger partial charge in [-0.05, 0) is 29.8 Å². The topological polar surface area (TPSA) is 86.4 Å². The molecule has 0 radical (unpaired) electrons. The lowest BCUT2D eigenvalue weighted by Gasteiger charge is -2.19. The molecule has 4 rings (SSSR count). The zero-order valence-corrected chi connectivity index (χ0v) is 15.4. The Morgan fingerprint density at radius 1 is 1.32 bits per heavy atom. The maximum atomic E-state index is 13.7. The third-order valence-corrected chi connectivity index (χ3v) is 5.16. The van der Waals surface area contributed by atoms with Crippen molar-refractivity contribution in [3.8, 4) is 0 Å². The molecule has 1 aliphatic heterocycles. The van der Waals surface area contributed by atoms with Crippen LogP contribution in [0.3, 0.4) is 0 Å². The van der Waals surface area contributed by atoms with Crippen molar-refractivity contribution in [2.45, 2.75) is 12.5 Å². The summed E-state index contributed by atoms with van der Waals surface area (Å²) in [6, 6.07) is 4.15. The Labute approximate surface area is 163 Å². The van der Waals surface area contributed by atoms with Crippen LogP contribution in [-0.2, 0) is 11.2 Å². The fourth-order valence-electron chi connectivity index (χ4n) is 3.33. The number of pyridine rings is 1. The number of urea groups is 1. The van der Waals surface area contributed by atoms with Gasteiger partial charge in [0.2, 0.25) is 0 Å². The summed E-state index contributed by atoms with van der Waals surface area (Å²) in [6.45, 7) is 0. The van der Waals surface area contributed by atoms with E-state index in [9.17, 15) is 18.8 Å². The number of halogens is 2. The first kappa shape index (κ1) is 18.1. The van der Waals surface area contributed by atoms with Crippen molar-refractivity contribution in [1.82, 2.24) is 19.8 Å². The van der Waals surface area contributed by atoms with E-state index < -0.39 is 29.7 Å². The summed E-state index contributed by atoms with van der Waals surface area (Å²) >= 11 is 5.98. The molecular formula is C19H14ClFN4O3. The average molecular weight is 401 g/mol. The van der Waals surface area contributed by atoms with Crippen LogP contribution in [0.5, 0.6) is 0 Å². The molecule has 7 nitrogen and oxygen atoms in total. The molecule has 9 heteroatoms. The number of carbonyl (C=O) groups is 3. The van der Waals surface area contributed by atoms with Crippen molar-refractivity contribution in [2.75, 3.05) is 7.05 Å². The van der Waals surface area contributed by atoms with Crippen LogP contribution >= 0.6 is 11.6 Å². The molecule has 1 N–H and O–H groups in total. The maximum absolute atomic E-state index is 13.7. The van der Waals surface area contributed by atoms with Gasteiger partial charge in [-0.3, -0.25) is 19.5 Å². The number of nitrogens with one attached hydrogen (secondary N) is 1. The Kier molecular flexibility index (Phi) is 4.35. The van der Waals surface area contributed by atoms with E-state index in [1.165, 1.54) is 31.6 Å². The minimum atomic E-state index is -1.02. The van der Waals surface area contributed by atoms with Gasteiger partial charge in [-0.2, -0.15) is 0 Å². The van der Waals surface area contributed by atoms with Crippen LogP contribution < -0.4 is 0 Å². The van der Waals surface area contributed by atoms with Crippen molar-refractivity contribution < 1.29 is 18.8 Å². The van der Waals surface area contributed by atoms with E-state index in [1.807, 2.05) is 0 Å². The fraction of sp³-hybridized carbons (Fsp3) is 0.158. The Balaban J connectivity index is 1.73. The predicted octanol–water partition coefficient (Wildman–Crippen LogP) is 3.00. The summed E-state index contributed by atoms with van der Waals surface area (Å²) in [5.41, 5.74) is 1.24. The monoisotopic (exact) mass is 400 g/mol. The number of amides is 4. The van der Waals surface area contributed by atoms with Crippen LogP contribution in [-0.4, -0.2) is 50.7 Å². The molecule has 2 aromatic heterocycles. The molecule has 0 spiro atoms. The van der Waals surface area contributed by atoms with Gasteiger partial charge < -0.3 is 4.98 Å². The first-order valence-electron chi connectivity index (χ1n) is 8.39. The normalized spacial score (nSPS) is 17.0. The zero-order chi connectivity index (χ0) is 20.0. The lowest BCUT2D eigenvalue weighted by atomic mass is 10.0. The Hall–Kier alpha value is -3.26. The molecule has 3 heterocycles. The molecule has 142 valence electrons. The molecule has 1 atom stereocenters. The summed E-state index contributed by atoms with van der Waals surface area (Å²) in [5, 5.41) is 0.563. The van der Waals surface area contributed by atoms with Gasteiger partial charge in [0.25, 0.3) is 11.8 Å². The van der Waals surface area contributed by atoms with Crippen molar-refractivity contribution in [2.24, 2.45) is 0 Å². The van der Waals surface area contributed by atoms with Gasteiger partial charge in [0.1, 0.15) is 16.9 Å². The molecule has 3 aromatic rings. The van der Waals surface area contributed by atoms with E-state index in [0.29, 0.717) is 16.5 Å². The maximum Gasteiger partial charge on any atom is 0.334 e. The molecule has 1 fully saturated rings. The highest BCUT2D eigenvalue weighted by atomic mass is 35.5. The van der Waals surface area contributed by atoms with E-state index in [0.717, 1.165) is 9.80 Å². The highest BCUT2D eigenvalue weighted by Gasteiger charge is 2.47. The predicted molar refractivity (Wildman–Crippen MR) is 99.3 cm³/mol. The second-order valence-electron chi connectivity index (χ2n) is 6.41. The second kappa shape index (κ2) is 6.72. The number of carbonyl (C=O) groups excluding carboxylic acids is 3. The van der Waals surface area contributed by atoms with Crippen LogP contribution in [0.2, 0.25) is 5.02 Å². The number of nitrogens with zero attached hydrogens (tertiary/aromatic N) is 3. The van der Waals surface area contributed by atoms with Gasteiger partial charge >= 0.3 is 6.03 Å². The van der Waals surface area contributed by atoms with Crippen LogP contribution in [0, 0.1) is 5.82 Å². The third kappa shape index (κ3) is 2.73. The minimum Gasteiger partial charge on any atom is -0.360 e. The molecule has 4 amide bonds. The SMILES string of the molecule is CN1C(=O)[C@@H](Cc2c[nH]c3c(Cl)c(F)ccc23)N(C(=O)c2cccnc2)C1=O. The van der Waals surface area contributed by atoms with E-state index >= 15 is 0 Å². The number of imide groups is 2.